The molecule has 4 nitrogen and oxygen atoms in total. The van der Waals surface area contributed by atoms with Gasteiger partial charge in [-0.25, -0.2) is 4.79 Å². The average Bonchev–Trinajstić information content (AvgIpc) is 2.35. The Bertz CT molecular complexity index is 526. The largest absolute Gasteiger partial charge is 0.443 e. The maximum Gasteiger partial charge on any atom is 0.414 e. The Morgan fingerprint density at radius 1 is 1.42 bits per heavy atom. The topological polar surface area (TPSA) is 53.3 Å². The van der Waals surface area contributed by atoms with Crippen molar-refractivity contribution >= 4 is 11.8 Å². The number of nitriles is 1. The lowest BCUT2D eigenvalue weighted by molar-refractivity contribution is 0.0574. The van der Waals surface area contributed by atoms with Gasteiger partial charge in [0, 0.05) is 6.54 Å². The molecule has 1 aliphatic rings. The standard InChI is InChI=1S/C15H18N2O2/c1-15(2,3)19-14(18)17-10-11(9-16)8-12-6-4-5-7-13(12)17/h4-7,11H,8,10H2,1-3H3/t11-/m0/s1. The van der Waals surface area contributed by atoms with Gasteiger partial charge >= 0.3 is 6.09 Å². The molecule has 1 aromatic rings. The van der Waals surface area contributed by atoms with E-state index < -0.39 is 5.60 Å². The Morgan fingerprint density at radius 3 is 2.74 bits per heavy atom. The van der Waals surface area contributed by atoms with E-state index in [9.17, 15) is 4.79 Å². The minimum Gasteiger partial charge on any atom is -0.443 e. The summed E-state index contributed by atoms with van der Waals surface area (Å²) in [6.07, 6.45) is 0.297. The summed E-state index contributed by atoms with van der Waals surface area (Å²) >= 11 is 0. The van der Waals surface area contributed by atoms with Crippen LogP contribution < -0.4 is 4.90 Å². The van der Waals surface area contributed by atoms with Crippen molar-refractivity contribution in [1.29, 1.82) is 5.26 Å². The van der Waals surface area contributed by atoms with E-state index in [1.54, 1.807) is 4.90 Å². The van der Waals surface area contributed by atoms with E-state index in [1.807, 2.05) is 45.0 Å². The molecule has 0 bridgehead atoms. The van der Waals surface area contributed by atoms with Crippen LogP contribution >= 0.6 is 0 Å². The molecule has 0 aliphatic carbocycles. The fourth-order valence-corrected chi connectivity index (χ4v) is 2.17. The molecule has 2 rings (SSSR count). The quantitative estimate of drug-likeness (QED) is 0.718. The monoisotopic (exact) mass is 258 g/mol. The van der Waals surface area contributed by atoms with Gasteiger partial charge in [0.15, 0.2) is 0 Å². The van der Waals surface area contributed by atoms with E-state index in [4.69, 9.17) is 10.00 Å². The van der Waals surface area contributed by atoms with Crippen molar-refractivity contribution in [1.82, 2.24) is 0 Å². The summed E-state index contributed by atoms with van der Waals surface area (Å²) in [4.78, 5) is 13.8. The molecule has 100 valence electrons. The minimum absolute atomic E-state index is 0.178. The van der Waals surface area contributed by atoms with Crippen molar-refractivity contribution in [3.8, 4) is 6.07 Å². The predicted octanol–water partition coefficient (Wildman–Crippen LogP) is 3.12. The summed E-state index contributed by atoms with van der Waals surface area (Å²) in [6.45, 7) is 5.90. The van der Waals surface area contributed by atoms with Gasteiger partial charge in [-0.3, -0.25) is 4.90 Å². The summed E-state index contributed by atoms with van der Waals surface area (Å²) in [5.41, 5.74) is 1.33. The second kappa shape index (κ2) is 4.93. The van der Waals surface area contributed by atoms with Crippen molar-refractivity contribution in [3.63, 3.8) is 0 Å². The number of benzene rings is 1. The second-order valence-corrected chi connectivity index (χ2v) is 5.75. The van der Waals surface area contributed by atoms with E-state index in [0.717, 1.165) is 11.3 Å². The van der Waals surface area contributed by atoms with E-state index in [0.29, 0.717) is 13.0 Å². The number of amides is 1. The Morgan fingerprint density at radius 2 is 2.11 bits per heavy atom. The first-order valence-electron chi connectivity index (χ1n) is 6.39. The van der Waals surface area contributed by atoms with E-state index in [2.05, 4.69) is 6.07 Å². The third-order valence-electron chi connectivity index (χ3n) is 2.95. The summed E-state index contributed by atoms with van der Waals surface area (Å²) in [7, 11) is 0. The number of anilines is 1. The van der Waals surface area contributed by atoms with Gasteiger partial charge in [-0.1, -0.05) is 18.2 Å². The summed E-state index contributed by atoms with van der Waals surface area (Å²) in [5.74, 6) is -0.178. The Balaban J connectivity index is 2.30. The number of ether oxygens (including phenoxy) is 1. The van der Waals surface area contributed by atoms with Gasteiger partial charge in [-0.15, -0.1) is 0 Å². The summed E-state index contributed by atoms with van der Waals surface area (Å²) in [5, 5.41) is 9.12. The van der Waals surface area contributed by atoms with Gasteiger partial charge in [0.05, 0.1) is 17.7 Å². The molecular formula is C15H18N2O2. The Labute approximate surface area is 113 Å². The molecule has 1 atom stereocenters. The highest BCUT2D eigenvalue weighted by Crippen LogP contribution is 2.30. The van der Waals surface area contributed by atoms with Gasteiger partial charge < -0.3 is 4.74 Å². The van der Waals surface area contributed by atoms with Crippen molar-refractivity contribution in [2.45, 2.75) is 32.8 Å². The summed E-state index contributed by atoms with van der Waals surface area (Å²) < 4.78 is 5.40. The average molecular weight is 258 g/mol. The number of hydrogen-bond acceptors (Lipinski definition) is 3. The van der Waals surface area contributed by atoms with Crippen LogP contribution in [-0.4, -0.2) is 18.2 Å². The van der Waals surface area contributed by atoms with Crippen LogP contribution in [0.2, 0.25) is 0 Å². The maximum absolute atomic E-state index is 12.2. The second-order valence-electron chi connectivity index (χ2n) is 5.75. The molecule has 1 aromatic carbocycles. The molecule has 19 heavy (non-hydrogen) atoms. The predicted molar refractivity (Wildman–Crippen MR) is 72.8 cm³/mol. The summed E-state index contributed by atoms with van der Waals surface area (Å²) in [6, 6.07) is 9.91. The lowest BCUT2D eigenvalue weighted by Gasteiger charge is -2.33. The van der Waals surface area contributed by atoms with E-state index in [1.165, 1.54) is 0 Å². The normalized spacial score (nSPS) is 18.4. The number of para-hydroxylation sites is 1. The first-order chi connectivity index (χ1) is 8.90. The zero-order valence-electron chi connectivity index (χ0n) is 11.5. The third-order valence-corrected chi connectivity index (χ3v) is 2.95. The molecule has 1 aliphatic heterocycles. The molecular weight excluding hydrogens is 240 g/mol. The van der Waals surface area contributed by atoms with Gasteiger partial charge in [-0.2, -0.15) is 5.26 Å². The Hall–Kier alpha value is -2.02. The first-order valence-corrected chi connectivity index (χ1v) is 6.39. The molecule has 0 N–H and O–H groups in total. The zero-order valence-corrected chi connectivity index (χ0v) is 11.5. The molecule has 0 unspecified atom stereocenters. The highest BCUT2D eigenvalue weighted by molar-refractivity contribution is 5.89. The number of hydrogen-bond donors (Lipinski definition) is 0. The number of rotatable bonds is 0. The lowest BCUT2D eigenvalue weighted by Crippen LogP contribution is -2.42. The van der Waals surface area contributed by atoms with Crippen LogP contribution in [-0.2, 0) is 11.2 Å². The Kier molecular flexibility index (Phi) is 3.48. The molecule has 0 saturated carbocycles. The third kappa shape index (κ3) is 3.05. The van der Waals surface area contributed by atoms with Gasteiger partial charge in [0.1, 0.15) is 5.60 Å². The number of fused-ring (bicyclic) bond motifs is 1. The van der Waals surface area contributed by atoms with Gasteiger partial charge in [-0.05, 0) is 38.8 Å². The fraction of sp³-hybridized carbons (Fsp3) is 0.467. The minimum atomic E-state index is -0.536. The van der Waals surface area contributed by atoms with Crippen LogP contribution in [0.15, 0.2) is 24.3 Å². The van der Waals surface area contributed by atoms with Crippen molar-refractivity contribution in [3.05, 3.63) is 29.8 Å². The lowest BCUT2D eigenvalue weighted by atomic mass is 9.94. The SMILES string of the molecule is CC(C)(C)OC(=O)N1C[C@H](C#N)Cc2ccccc21. The van der Waals surface area contributed by atoms with Crippen LogP contribution in [0.5, 0.6) is 0 Å². The van der Waals surface area contributed by atoms with Crippen LogP contribution in [0.25, 0.3) is 0 Å². The molecule has 4 heteroatoms. The highest BCUT2D eigenvalue weighted by atomic mass is 16.6. The molecule has 0 radical (unpaired) electrons. The van der Waals surface area contributed by atoms with Gasteiger partial charge in [0.25, 0.3) is 0 Å². The number of carbonyl (C=O) groups excluding carboxylic acids is 1. The van der Waals surface area contributed by atoms with Crippen molar-refractivity contribution < 1.29 is 9.53 Å². The van der Waals surface area contributed by atoms with Crippen molar-refractivity contribution in [2.24, 2.45) is 5.92 Å². The van der Waals surface area contributed by atoms with Crippen LogP contribution in [0.3, 0.4) is 0 Å². The van der Waals surface area contributed by atoms with Crippen LogP contribution in [0, 0.1) is 17.2 Å². The van der Waals surface area contributed by atoms with Gasteiger partial charge in [0.2, 0.25) is 0 Å². The van der Waals surface area contributed by atoms with E-state index in [-0.39, 0.29) is 12.0 Å². The number of nitrogens with zero attached hydrogens (tertiary/aromatic N) is 2. The fourth-order valence-electron chi connectivity index (χ4n) is 2.17. The number of carbonyl (C=O) groups is 1. The van der Waals surface area contributed by atoms with Crippen LogP contribution in [0.4, 0.5) is 10.5 Å². The molecule has 0 spiro atoms. The molecule has 0 fully saturated rings. The van der Waals surface area contributed by atoms with Crippen LogP contribution in [0.1, 0.15) is 26.3 Å². The van der Waals surface area contributed by atoms with E-state index >= 15 is 0 Å². The molecule has 0 saturated heterocycles. The molecule has 1 heterocycles. The van der Waals surface area contributed by atoms with Crippen molar-refractivity contribution in [2.75, 3.05) is 11.4 Å². The smallest absolute Gasteiger partial charge is 0.414 e. The zero-order chi connectivity index (χ0) is 14.0. The maximum atomic E-state index is 12.2. The molecule has 0 aromatic heterocycles. The molecule has 1 amide bonds. The first kappa shape index (κ1) is 13.4. The highest BCUT2D eigenvalue weighted by Gasteiger charge is 2.31.